The zero-order chi connectivity index (χ0) is 14.7. The van der Waals surface area contributed by atoms with Gasteiger partial charge in [0.15, 0.2) is 5.78 Å². The maximum absolute atomic E-state index is 12.2. The van der Waals surface area contributed by atoms with Gasteiger partial charge in [0.05, 0.1) is 26.8 Å². The molecule has 0 aliphatic rings. The first-order valence-electron chi connectivity index (χ1n) is 6.57. The Morgan fingerprint density at radius 1 is 1.40 bits per heavy atom. The molecule has 2 aromatic heterocycles. The van der Waals surface area contributed by atoms with Gasteiger partial charge in [0.2, 0.25) is 0 Å². The molecule has 0 N–H and O–H groups in total. The molecule has 0 saturated carbocycles. The number of ketones is 1. The zero-order valence-electron chi connectivity index (χ0n) is 11.4. The summed E-state index contributed by atoms with van der Waals surface area (Å²) < 4.78 is 3.85. The number of halogens is 2. The van der Waals surface area contributed by atoms with Crippen molar-refractivity contribution < 1.29 is 4.79 Å². The number of aromatic nitrogens is 2. The van der Waals surface area contributed by atoms with Gasteiger partial charge in [0.1, 0.15) is 0 Å². The van der Waals surface area contributed by atoms with Gasteiger partial charge in [-0.1, -0.05) is 13.8 Å². The van der Waals surface area contributed by atoms with Crippen molar-refractivity contribution in [1.29, 1.82) is 0 Å². The molecule has 0 aliphatic heterocycles. The fourth-order valence-electron chi connectivity index (χ4n) is 2.07. The summed E-state index contributed by atoms with van der Waals surface area (Å²) in [6.07, 6.45) is 4.43. The van der Waals surface area contributed by atoms with E-state index >= 15 is 0 Å². The highest BCUT2D eigenvalue weighted by Gasteiger charge is 2.15. The maximum atomic E-state index is 12.2. The molecule has 0 bridgehead atoms. The number of Topliss-reactive ketones (excluding diaryl/α,β-unsaturated/α-hetero) is 1. The van der Waals surface area contributed by atoms with Crippen LogP contribution < -0.4 is 0 Å². The summed E-state index contributed by atoms with van der Waals surface area (Å²) in [4.78, 5) is 13.0. The van der Waals surface area contributed by atoms with Crippen molar-refractivity contribution in [2.75, 3.05) is 0 Å². The van der Waals surface area contributed by atoms with Gasteiger partial charge in [-0.3, -0.25) is 9.48 Å². The molecule has 0 radical (unpaired) electrons. The summed E-state index contributed by atoms with van der Waals surface area (Å²) in [6.45, 7) is 4.31. The normalized spacial score (nSPS) is 11.2. The largest absolute Gasteiger partial charge is 0.293 e. The molecule has 3 nitrogen and oxygen atoms in total. The lowest BCUT2D eigenvalue weighted by molar-refractivity contribution is 0.0995. The van der Waals surface area contributed by atoms with E-state index in [1.165, 1.54) is 11.3 Å². The molecule has 0 spiro atoms. The molecule has 0 amide bonds. The highest BCUT2D eigenvalue weighted by Crippen LogP contribution is 2.32. The third-order valence-electron chi connectivity index (χ3n) is 3.24. The second kappa shape index (κ2) is 7.00. The summed E-state index contributed by atoms with van der Waals surface area (Å²) in [5.41, 5.74) is 0.836. The van der Waals surface area contributed by atoms with Gasteiger partial charge in [0, 0.05) is 10.7 Å². The smallest absolute Gasteiger partial charge is 0.178 e. The molecule has 0 aromatic carbocycles. The van der Waals surface area contributed by atoms with Crippen molar-refractivity contribution in [3.05, 3.63) is 37.2 Å². The van der Waals surface area contributed by atoms with Crippen LogP contribution in [0.25, 0.3) is 0 Å². The van der Waals surface area contributed by atoms with Crippen molar-refractivity contribution in [3.63, 3.8) is 0 Å². The van der Waals surface area contributed by atoms with Crippen LogP contribution in [0.15, 0.2) is 26.6 Å². The summed E-state index contributed by atoms with van der Waals surface area (Å²) in [5, 5.41) is 4.52. The third kappa shape index (κ3) is 3.59. The van der Waals surface area contributed by atoms with Gasteiger partial charge in [-0.05, 0) is 56.8 Å². The fraction of sp³-hybridized carbons (Fsp3) is 0.429. The lowest BCUT2D eigenvalue weighted by Crippen LogP contribution is -2.09. The number of hydrogen-bond acceptors (Lipinski definition) is 3. The second-order valence-electron chi connectivity index (χ2n) is 4.59. The Hall–Kier alpha value is -0.460. The molecule has 2 heterocycles. The van der Waals surface area contributed by atoms with E-state index in [0.717, 1.165) is 31.7 Å². The molecule has 108 valence electrons. The number of hydrogen-bond donors (Lipinski definition) is 0. The molecule has 0 saturated heterocycles. The lowest BCUT2D eigenvalue weighted by atomic mass is 10.2. The van der Waals surface area contributed by atoms with E-state index in [9.17, 15) is 4.79 Å². The van der Waals surface area contributed by atoms with Gasteiger partial charge in [0.25, 0.3) is 0 Å². The average molecular weight is 420 g/mol. The van der Waals surface area contributed by atoms with Crippen molar-refractivity contribution >= 4 is 49.0 Å². The van der Waals surface area contributed by atoms with E-state index < -0.39 is 0 Å². The topological polar surface area (TPSA) is 34.9 Å². The first kappa shape index (κ1) is 15.9. The summed E-state index contributed by atoms with van der Waals surface area (Å²) >= 11 is 8.26. The Labute approximate surface area is 139 Å². The minimum absolute atomic E-state index is 0.108. The average Bonchev–Trinajstić information content (AvgIpc) is 3.00. The SMILES string of the molecule is CCC(CC)n1ccc(CC(=O)c2cc(Br)c(Br)s2)n1. The predicted molar refractivity (Wildman–Crippen MR) is 89.6 cm³/mol. The molecule has 2 aromatic rings. The van der Waals surface area contributed by atoms with Gasteiger partial charge in [-0.2, -0.15) is 5.10 Å². The van der Waals surface area contributed by atoms with Crippen molar-refractivity contribution in [3.8, 4) is 0 Å². The van der Waals surface area contributed by atoms with Crippen LogP contribution in [0, 0.1) is 0 Å². The molecule has 0 aliphatic carbocycles. The van der Waals surface area contributed by atoms with E-state index in [1.54, 1.807) is 0 Å². The number of rotatable bonds is 6. The van der Waals surface area contributed by atoms with Crippen LogP contribution in [0.4, 0.5) is 0 Å². The molecule has 0 atom stereocenters. The number of carbonyl (C=O) groups is 1. The van der Waals surface area contributed by atoms with Crippen LogP contribution in [-0.4, -0.2) is 15.6 Å². The standard InChI is InChI=1S/C14H16Br2N2OS/c1-3-10(4-2)18-6-5-9(17-18)7-12(19)13-8-11(15)14(16)20-13/h5-6,8,10H,3-4,7H2,1-2H3. The number of nitrogens with zero attached hydrogens (tertiary/aromatic N) is 2. The highest BCUT2D eigenvalue weighted by molar-refractivity contribution is 9.13. The van der Waals surface area contributed by atoms with Crippen molar-refractivity contribution in [2.24, 2.45) is 0 Å². The van der Waals surface area contributed by atoms with E-state index in [4.69, 9.17) is 0 Å². The van der Waals surface area contributed by atoms with Crippen LogP contribution in [0.1, 0.15) is 48.1 Å². The minimum atomic E-state index is 0.108. The van der Waals surface area contributed by atoms with Crippen molar-refractivity contribution in [2.45, 2.75) is 39.2 Å². The van der Waals surface area contributed by atoms with E-state index in [0.29, 0.717) is 12.5 Å². The summed E-state index contributed by atoms with van der Waals surface area (Å²) in [6, 6.07) is 4.21. The Bertz CT molecular complexity index is 583. The van der Waals surface area contributed by atoms with Crippen LogP contribution in [0.2, 0.25) is 0 Å². The Morgan fingerprint density at radius 3 is 2.65 bits per heavy atom. The molecule has 6 heteroatoms. The van der Waals surface area contributed by atoms with Crippen LogP contribution >= 0.6 is 43.2 Å². The minimum Gasteiger partial charge on any atom is -0.293 e. The Kier molecular flexibility index (Phi) is 5.57. The highest BCUT2D eigenvalue weighted by atomic mass is 79.9. The van der Waals surface area contributed by atoms with E-state index in [-0.39, 0.29) is 5.78 Å². The van der Waals surface area contributed by atoms with Gasteiger partial charge < -0.3 is 0 Å². The monoisotopic (exact) mass is 418 g/mol. The van der Waals surface area contributed by atoms with Crippen LogP contribution in [-0.2, 0) is 6.42 Å². The lowest BCUT2D eigenvalue weighted by Gasteiger charge is -2.12. The maximum Gasteiger partial charge on any atom is 0.178 e. The predicted octanol–water partition coefficient (Wildman–Crippen LogP) is 5.26. The quantitative estimate of drug-likeness (QED) is 0.598. The molecular formula is C14H16Br2N2OS. The summed E-state index contributed by atoms with van der Waals surface area (Å²) in [7, 11) is 0. The van der Waals surface area contributed by atoms with Gasteiger partial charge >= 0.3 is 0 Å². The van der Waals surface area contributed by atoms with Crippen LogP contribution in [0.3, 0.4) is 0 Å². The van der Waals surface area contributed by atoms with Gasteiger partial charge in [-0.15, -0.1) is 11.3 Å². The fourth-order valence-corrected chi connectivity index (χ4v) is 4.05. The number of thiophene rings is 1. The Balaban J connectivity index is 2.08. The van der Waals surface area contributed by atoms with Crippen molar-refractivity contribution in [1.82, 2.24) is 9.78 Å². The molecule has 2 rings (SSSR count). The molecule has 20 heavy (non-hydrogen) atoms. The second-order valence-corrected chi connectivity index (χ2v) is 7.81. The first-order valence-corrected chi connectivity index (χ1v) is 8.97. The third-order valence-corrected chi connectivity index (χ3v) is 6.54. The molecule has 0 fully saturated rings. The summed E-state index contributed by atoms with van der Waals surface area (Å²) in [5.74, 6) is 0.108. The zero-order valence-corrected chi connectivity index (χ0v) is 15.4. The molecule has 0 unspecified atom stereocenters. The number of carbonyl (C=O) groups excluding carboxylic acids is 1. The molecular weight excluding hydrogens is 404 g/mol. The van der Waals surface area contributed by atoms with E-state index in [1.807, 2.05) is 23.0 Å². The first-order chi connectivity index (χ1) is 9.55. The van der Waals surface area contributed by atoms with Crippen LogP contribution in [0.5, 0.6) is 0 Å². The van der Waals surface area contributed by atoms with Gasteiger partial charge in [-0.25, -0.2) is 0 Å². The van der Waals surface area contributed by atoms with E-state index in [2.05, 4.69) is 50.8 Å². The Morgan fingerprint density at radius 2 is 2.10 bits per heavy atom.